The van der Waals surface area contributed by atoms with Crippen molar-refractivity contribution in [3.63, 3.8) is 0 Å². The van der Waals surface area contributed by atoms with E-state index in [2.05, 4.69) is 20.3 Å². The second kappa shape index (κ2) is 8.57. The van der Waals surface area contributed by atoms with Crippen LogP contribution in [0.2, 0.25) is 0 Å². The molecule has 1 aliphatic heterocycles. The van der Waals surface area contributed by atoms with Crippen LogP contribution in [0, 0.1) is 0 Å². The highest BCUT2D eigenvalue weighted by molar-refractivity contribution is 7.14. The van der Waals surface area contributed by atoms with Gasteiger partial charge in [-0.15, -0.1) is 11.3 Å². The molecule has 0 unspecified atom stereocenters. The average Bonchev–Trinajstić information content (AvgIpc) is 3.37. The van der Waals surface area contributed by atoms with Crippen LogP contribution in [0.3, 0.4) is 0 Å². The number of benzene rings is 2. The summed E-state index contributed by atoms with van der Waals surface area (Å²) in [4.78, 5) is 30.4. The van der Waals surface area contributed by atoms with Crippen LogP contribution in [0.15, 0.2) is 75.3 Å². The normalized spacial score (nSPS) is 16.1. The topological polar surface area (TPSA) is 90.6 Å². The van der Waals surface area contributed by atoms with Gasteiger partial charge >= 0.3 is 0 Å². The van der Waals surface area contributed by atoms with Gasteiger partial charge in [-0.2, -0.15) is 20.3 Å². The third kappa shape index (κ3) is 4.26. The van der Waals surface area contributed by atoms with Crippen molar-refractivity contribution in [2.75, 3.05) is 17.0 Å². The molecule has 0 saturated carbocycles. The van der Waals surface area contributed by atoms with E-state index >= 15 is 0 Å². The number of aromatic nitrogens is 1. The number of hydrogen-bond donors (Lipinski definition) is 0. The van der Waals surface area contributed by atoms with Gasteiger partial charge in [-0.3, -0.25) is 9.59 Å². The van der Waals surface area contributed by atoms with E-state index < -0.39 is 6.04 Å². The molecule has 0 bridgehead atoms. The van der Waals surface area contributed by atoms with Gasteiger partial charge in [-0.1, -0.05) is 30.3 Å². The van der Waals surface area contributed by atoms with Crippen LogP contribution in [0.25, 0.3) is 11.3 Å². The molecule has 0 aliphatic carbocycles. The third-order valence-corrected chi connectivity index (χ3v) is 5.65. The van der Waals surface area contributed by atoms with Crippen molar-refractivity contribution in [1.82, 2.24) is 4.98 Å². The summed E-state index contributed by atoms with van der Waals surface area (Å²) in [6.45, 7) is 3.25. The number of anilines is 2. The zero-order chi connectivity index (χ0) is 22.0. The number of hydrogen-bond acceptors (Lipinski definition) is 7. The molecule has 0 fully saturated rings. The smallest absolute Gasteiger partial charge is 0.282 e. The van der Waals surface area contributed by atoms with Gasteiger partial charge in [-0.25, -0.2) is 4.98 Å². The number of amides is 2. The van der Waals surface area contributed by atoms with E-state index in [4.69, 9.17) is 0 Å². The zero-order valence-corrected chi connectivity index (χ0v) is 18.1. The fourth-order valence-electron chi connectivity index (χ4n) is 2.98. The Bertz CT molecular complexity index is 1170. The number of carbonyl (C=O) groups excluding carboxylic acids is 2. The number of rotatable bonds is 5. The Hall–Kier alpha value is -3.72. The molecule has 4 rings (SSSR count). The molecule has 1 aromatic heterocycles. The average molecular weight is 433 g/mol. The quantitative estimate of drug-likeness (QED) is 0.549. The molecule has 2 amide bonds. The van der Waals surface area contributed by atoms with Crippen molar-refractivity contribution >= 4 is 45.4 Å². The minimum Gasteiger partial charge on any atom is -0.316 e. The summed E-state index contributed by atoms with van der Waals surface area (Å²) < 4.78 is 0. The molecule has 156 valence electrons. The molecule has 0 N–H and O–H groups in total. The Morgan fingerprint density at radius 2 is 1.84 bits per heavy atom. The third-order valence-electron chi connectivity index (χ3n) is 4.84. The summed E-state index contributed by atoms with van der Waals surface area (Å²) in [5, 5.41) is 16.4. The summed E-state index contributed by atoms with van der Waals surface area (Å²) in [6, 6.07) is 16.0. The standard InChI is InChI=1S/C22H20N6O2S/c1-14-20(25-24-17-9-11-18(12-10-17)27(3)15(2)29)21(30)28(26-14)22-23-19(13-31-22)16-7-5-4-6-8-16/h4-13,20H,1-3H3/t20-/m0/s1. The van der Waals surface area contributed by atoms with Gasteiger partial charge in [0.05, 0.1) is 17.1 Å². The maximum atomic E-state index is 12.9. The van der Waals surface area contributed by atoms with Crippen LogP contribution >= 0.6 is 11.3 Å². The Kier molecular flexibility index (Phi) is 5.68. The lowest BCUT2D eigenvalue weighted by Crippen LogP contribution is -2.29. The van der Waals surface area contributed by atoms with Crippen molar-refractivity contribution in [3.8, 4) is 11.3 Å². The van der Waals surface area contributed by atoms with Crippen molar-refractivity contribution in [2.45, 2.75) is 19.9 Å². The van der Waals surface area contributed by atoms with Crippen molar-refractivity contribution < 1.29 is 9.59 Å². The molecule has 8 nitrogen and oxygen atoms in total. The van der Waals surface area contributed by atoms with Gasteiger partial charge < -0.3 is 4.90 Å². The fraction of sp³-hybridized carbons (Fsp3) is 0.182. The minimum absolute atomic E-state index is 0.0598. The molecule has 9 heteroatoms. The van der Waals surface area contributed by atoms with Gasteiger partial charge in [0.25, 0.3) is 5.91 Å². The molecule has 2 heterocycles. The molecular formula is C22H20N6O2S. The predicted molar refractivity (Wildman–Crippen MR) is 122 cm³/mol. The molecular weight excluding hydrogens is 412 g/mol. The Morgan fingerprint density at radius 3 is 2.52 bits per heavy atom. The number of carbonyl (C=O) groups is 2. The first-order chi connectivity index (χ1) is 14.9. The minimum atomic E-state index is -0.788. The molecule has 1 atom stereocenters. The number of hydrazone groups is 1. The van der Waals surface area contributed by atoms with Crippen molar-refractivity contribution in [2.24, 2.45) is 15.3 Å². The molecule has 0 spiro atoms. The summed E-state index contributed by atoms with van der Waals surface area (Å²) in [5.41, 5.74) is 3.67. The number of nitrogens with zero attached hydrogens (tertiary/aromatic N) is 6. The summed E-state index contributed by atoms with van der Waals surface area (Å²) in [7, 11) is 1.70. The Balaban J connectivity index is 1.48. The first-order valence-electron chi connectivity index (χ1n) is 9.59. The fourth-order valence-corrected chi connectivity index (χ4v) is 3.77. The molecule has 0 radical (unpaired) electrons. The maximum absolute atomic E-state index is 12.9. The lowest BCUT2D eigenvalue weighted by atomic mass is 10.2. The van der Waals surface area contributed by atoms with Crippen molar-refractivity contribution in [1.29, 1.82) is 0 Å². The van der Waals surface area contributed by atoms with E-state index in [1.165, 1.54) is 28.2 Å². The molecule has 2 aromatic carbocycles. The molecule has 31 heavy (non-hydrogen) atoms. The van der Waals surface area contributed by atoms with Crippen molar-refractivity contribution in [3.05, 3.63) is 60.0 Å². The van der Waals surface area contributed by atoms with E-state index in [1.54, 1.807) is 38.2 Å². The maximum Gasteiger partial charge on any atom is 0.282 e. The highest BCUT2D eigenvalue weighted by Crippen LogP contribution is 2.30. The first-order valence-corrected chi connectivity index (χ1v) is 10.5. The highest BCUT2D eigenvalue weighted by Gasteiger charge is 2.36. The lowest BCUT2D eigenvalue weighted by Gasteiger charge is -2.14. The van der Waals surface area contributed by atoms with E-state index in [9.17, 15) is 9.59 Å². The number of thiazole rings is 1. The molecule has 1 aliphatic rings. The lowest BCUT2D eigenvalue weighted by molar-refractivity contribution is -0.118. The monoisotopic (exact) mass is 432 g/mol. The largest absolute Gasteiger partial charge is 0.316 e. The number of azo groups is 1. The zero-order valence-electron chi connectivity index (χ0n) is 17.3. The SMILES string of the molecule is CC(=O)N(C)c1ccc(N=N[C@@H]2C(=O)N(c3nc(-c4ccccc4)cs3)N=C2C)cc1. The second-order valence-corrected chi connectivity index (χ2v) is 7.82. The van der Waals surface area contributed by atoms with Gasteiger partial charge in [0, 0.05) is 30.6 Å². The second-order valence-electron chi connectivity index (χ2n) is 6.99. The summed E-state index contributed by atoms with van der Waals surface area (Å²) in [6.07, 6.45) is 0. The molecule has 0 saturated heterocycles. The van der Waals surface area contributed by atoms with E-state index in [1.807, 2.05) is 35.7 Å². The predicted octanol–water partition coefficient (Wildman–Crippen LogP) is 4.67. The Morgan fingerprint density at radius 1 is 1.13 bits per heavy atom. The van der Waals surface area contributed by atoms with E-state index in [0.29, 0.717) is 16.5 Å². The Labute approximate surface area is 183 Å². The van der Waals surface area contributed by atoms with Crippen LogP contribution in [0.4, 0.5) is 16.5 Å². The molecule has 3 aromatic rings. The van der Waals surface area contributed by atoms with Gasteiger partial charge in [0.2, 0.25) is 11.0 Å². The highest BCUT2D eigenvalue weighted by atomic mass is 32.1. The summed E-state index contributed by atoms with van der Waals surface area (Å²) >= 11 is 1.35. The summed E-state index contributed by atoms with van der Waals surface area (Å²) in [5.74, 6) is -0.349. The van der Waals surface area contributed by atoms with Crippen LogP contribution < -0.4 is 9.91 Å². The first kappa shape index (κ1) is 20.5. The van der Waals surface area contributed by atoms with Crippen LogP contribution in [0.5, 0.6) is 0 Å². The van der Waals surface area contributed by atoms with Crippen LogP contribution in [-0.2, 0) is 9.59 Å². The van der Waals surface area contributed by atoms with E-state index in [-0.39, 0.29) is 11.8 Å². The van der Waals surface area contributed by atoms with Crippen LogP contribution in [0.1, 0.15) is 13.8 Å². The van der Waals surface area contributed by atoms with Crippen LogP contribution in [-0.4, -0.2) is 35.6 Å². The van der Waals surface area contributed by atoms with Gasteiger partial charge in [-0.05, 0) is 31.2 Å². The van der Waals surface area contributed by atoms with Gasteiger partial charge in [0.15, 0.2) is 6.04 Å². The van der Waals surface area contributed by atoms with Gasteiger partial charge in [0.1, 0.15) is 0 Å². The van der Waals surface area contributed by atoms with E-state index in [0.717, 1.165) is 16.9 Å².